The molecule has 0 bridgehead atoms. The van der Waals surface area contributed by atoms with Gasteiger partial charge in [0.25, 0.3) is 0 Å². The van der Waals surface area contributed by atoms with Crippen LogP contribution in [0.1, 0.15) is 26.2 Å². The first-order chi connectivity index (χ1) is 6.83. The Balaban J connectivity index is 1.96. The lowest BCUT2D eigenvalue weighted by Gasteiger charge is -2.23. The molecule has 1 aliphatic heterocycles. The lowest BCUT2D eigenvalue weighted by Crippen LogP contribution is -2.35. The normalized spacial score (nSPS) is 21.0. The van der Waals surface area contributed by atoms with E-state index in [0.717, 1.165) is 25.4 Å². The Kier molecular flexibility index (Phi) is 6.15. The van der Waals surface area contributed by atoms with E-state index in [1.165, 1.54) is 25.9 Å². The van der Waals surface area contributed by atoms with Crippen LogP contribution in [0.5, 0.6) is 0 Å². The summed E-state index contributed by atoms with van der Waals surface area (Å²) in [5, 5.41) is 15.6. The van der Waals surface area contributed by atoms with E-state index in [-0.39, 0.29) is 0 Å². The molecular weight excluding hydrogens is 176 g/mol. The van der Waals surface area contributed by atoms with Crippen LogP contribution in [0.3, 0.4) is 0 Å². The van der Waals surface area contributed by atoms with Crippen LogP contribution in [0.2, 0.25) is 0 Å². The summed E-state index contributed by atoms with van der Waals surface area (Å²) in [7, 11) is 0. The zero-order valence-corrected chi connectivity index (χ0v) is 9.26. The summed E-state index contributed by atoms with van der Waals surface area (Å²) < 4.78 is 0. The maximum absolute atomic E-state index is 8.75. The minimum atomic E-state index is 0.316. The van der Waals surface area contributed by atoms with Crippen molar-refractivity contribution in [1.82, 2.24) is 10.6 Å². The molecule has 1 fully saturated rings. The first-order valence-corrected chi connectivity index (χ1v) is 5.85. The van der Waals surface area contributed by atoms with Gasteiger partial charge in [0, 0.05) is 6.61 Å². The van der Waals surface area contributed by atoms with Crippen molar-refractivity contribution in [3.8, 4) is 0 Å². The molecule has 1 atom stereocenters. The highest BCUT2D eigenvalue weighted by Crippen LogP contribution is 2.10. The van der Waals surface area contributed by atoms with E-state index >= 15 is 0 Å². The summed E-state index contributed by atoms with van der Waals surface area (Å²) in [6, 6.07) is 0. The quantitative estimate of drug-likeness (QED) is 0.588. The van der Waals surface area contributed by atoms with Crippen LogP contribution in [-0.4, -0.2) is 37.9 Å². The SMILES string of the molecule is CC(CCO)CNCC1CCNCC1. The third kappa shape index (κ3) is 4.94. The number of aliphatic hydroxyl groups is 1. The molecule has 1 heterocycles. The molecule has 0 aromatic heterocycles. The van der Waals surface area contributed by atoms with E-state index in [9.17, 15) is 0 Å². The molecule has 1 unspecified atom stereocenters. The number of rotatable bonds is 6. The van der Waals surface area contributed by atoms with Crippen LogP contribution in [0.25, 0.3) is 0 Å². The Hall–Kier alpha value is -0.120. The zero-order valence-electron chi connectivity index (χ0n) is 9.26. The molecule has 3 N–H and O–H groups in total. The molecule has 0 radical (unpaired) electrons. The number of hydrogen-bond donors (Lipinski definition) is 3. The second-order valence-corrected chi connectivity index (χ2v) is 4.47. The van der Waals surface area contributed by atoms with Gasteiger partial charge in [-0.2, -0.15) is 0 Å². The van der Waals surface area contributed by atoms with Gasteiger partial charge in [-0.1, -0.05) is 6.92 Å². The second-order valence-electron chi connectivity index (χ2n) is 4.47. The average Bonchev–Trinajstić information content (AvgIpc) is 2.20. The predicted octanol–water partition coefficient (Wildman–Crippen LogP) is 0.594. The fourth-order valence-electron chi connectivity index (χ4n) is 1.94. The number of nitrogens with one attached hydrogen (secondary N) is 2. The predicted molar refractivity (Wildman–Crippen MR) is 59.3 cm³/mol. The van der Waals surface area contributed by atoms with Crippen molar-refractivity contribution in [2.45, 2.75) is 26.2 Å². The highest BCUT2D eigenvalue weighted by atomic mass is 16.3. The van der Waals surface area contributed by atoms with Gasteiger partial charge in [-0.25, -0.2) is 0 Å². The molecule has 14 heavy (non-hydrogen) atoms. The van der Waals surface area contributed by atoms with Crippen molar-refractivity contribution in [2.24, 2.45) is 11.8 Å². The van der Waals surface area contributed by atoms with E-state index in [1.54, 1.807) is 0 Å². The summed E-state index contributed by atoms with van der Waals surface area (Å²) in [5.41, 5.74) is 0. The molecular formula is C11H24N2O. The number of hydrogen-bond acceptors (Lipinski definition) is 3. The van der Waals surface area contributed by atoms with E-state index in [2.05, 4.69) is 17.6 Å². The van der Waals surface area contributed by atoms with Crippen LogP contribution in [0.4, 0.5) is 0 Å². The van der Waals surface area contributed by atoms with E-state index in [1.807, 2.05) is 0 Å². The van der Waals surface area contributed by atoms with Gasteiger partial charge in [0.1, 0.15) is 0 Å². The van der Waals surface area contributed by atoms with Crippen molar-refractivity contribution < 1.29 is 5.11 Å². The number of piperidine rings is 1. The second kappa shape index (κ2) is 7.21. The topological polar surface area (TPSA) is 44.3 Å². The fourth-order valence-corrected chi connectivity index (χ4v) is 1.94. The van der Waals surface area contributed by atoms with Gasteiger partial charge in [0.05, 0.1) is 0 Å². The van der Waals surface area contributed by atoms with E-state index < -0.39 is 0 Å². The Morgan fingerprint density at radius 1 is 1.43 bits per heavy atom. The lowest BCUT2D eigenvalue weighted by atomic mass is 9.98. The highest BCUT2D eigenvalue weighted by Gasteiger charge is 2.12. The summed E-state index contributed by atoms with van der Waals surface area (Å²) in [6.45, 7) is 7.06. The molecule has 84 valence electrons. The smallest absolute Gasteiger partial charge is 0.0434 e. The van der Waals surface area contributed by atoms with Gasteiger partial charge in [0.15, 0.2) is 0 Å². The molecule has 1 rings (SSSR count). The molecule has 3 heteroatoms. The first kappa shape index (κ1) is 12.0. The van der Waals surface area contributed by atoms with Gasteiger partial charge in [0.2, 0.25) is 0 Å². The van der Waals surface area contributed by atoms with Crippen molar-refractivity contribution >= 4 is 0 Å². The molecule has 0 aliphatic carbocycles. The molecule has 0 aromatic rings. The lowest BCUT2D eigenvalue weighted by molar-refractivity contribution is 0.257. The average molecular weight is 200 g/mol. The van der Waals surface area contributed by atoms with Gasteiger partial charge >= 0.3 is 0 Å². The van der Waals surface area contributed by atoms with Crippen molar-refractivity contribution in [1.29, 1.82) is 0 Å². The Morgan fingerprint density at radius 2 is 2.14 bits per heavy atom. The Labute approximate surface area is 87.3 Å². The monoisotopic (exact) mass is 200 g/mol. The van der Waals surface area contributed by atoms with Crippen LogP contribution in [0.15, 0.2) is 0 Å². The van der Waals surface area contributed by atoms with Gasteiger partial charge < -0.3 is 15.7 Å². The highest BCUT2D eigenvalue weighted by molar-refractivity contribution is 4.70. The Morgan fingerprint density at radius 3 is 2.79 bits per heavy atom. The summed E-state index contributed by atoms with van der Waals surface area (Å²) >= 11 is 0. The minimum Gasteiger partial charge on any atom is -0.396 e. The van der Waals surface area contributed by atoms with E-state index in [4.69, 9.17) is 5.11 Å². The van der Waals surface area contributed by atoms with Gasteiger partial charge in [-0.05, 0) is 57.3 Å². The number of aliphatic hydroxyl groups excluding tert-OH is 1. The van der Waals surface area contributed by atoms with Crippen molar-refractivity contribution in [2.75, 3.05) is 32.8 Å². The van der Waals surface area contributed by atoms with Gasteiger partial charge in [-0.15, -0.1) is 0 Å². The largest absolute Gasteiger partial charge is 0.396 e. The van der Waals surface area contributed by atoms with Crippen LogP contribution in [-0.2, 0) is 0 Å². The zero-order chi connectivity index (χ0) is 10.2. The molecule has 0 aromatic carbocycles. The standard InChI is InChI=1S/C11H24N2O/c1-10(4-7-14)8-13-9-11-2-5-12-6-3-11/h10-14H,2-9H2,1H3. The molecule has 3 nitrogen and oxygen atoms in total. The summed E-state index contributed by atoms with van der Waals surface area (Å²) in [4.78, 5) is 0. The first-order valence-electron chi connectivity index (χ1n) is 5.85. The molecule has 0 saturated carbocycles. The summed E-state index contributed by atoms with van der Waals surface area (Å²) in [5.74, 6) is 1.46. The minimum absolute atomic E-state index is 0.316. The van der Waals surface area contributed by atoms with Crippen LogP contribution in [0, 0.1) is 11.8 Å². The third-order valence-electron chi connectivity index (χ3n) is 3.01. The van der Waals surface area contributed by atoms with Crippen molar-refractivity contribution in [3.63, 3.8) is 0 Å². The van der Waals surface area contributed by atoms with Crippen LogP contribution >= 0.6 is 0 Å². The molecule has 0 spiro atoms. The molecule has 0 amide bonds. The van der Waals surface area contributed by atoms with E-state index in [0.29, 0.717) is 12.5 Å². The Bertz CT molecular complexity index is 135. The van der Waals surface area contributed by atoms with Gasteiger partial charge in [-0.3, -0.25) is 0 Å². The van der Waals surface area contributed by atoms with Crippen molar-refractivity contribution in [3.05, 3.63) is 0 Å². The maximum atomic E-state index is 8.75. The maximum Gasteiger partial charge on any atom is 0.0434 e. The fraction of sp³-hybridized carbons (Fsp3) is 1.00. The summed E-state index contributed by atoms with van der Waals surface area (Å²) in [6.07, 6.45) is 3.53. The molecule has 1 saturated heterocycles. The third-order valence-corrected chi connectivity index (χ3v) is 3.01. The molecule has 1 aliphatic rings. The van der Waals surface area contributed by atoms with Crippen LogP contribution < -0.4 is 10.6 Å².